The Morgan fingerprint density at radius 2 is 1.90 bits per heavy atom. The van der Waals surface area contributed by atoms with Gasteiger partial charge in [-0.1, -0.05) is 13.8 Å². The van der Waals surface area contributed by atoms with Crippen LogP contribution in [-0.2, 0) is 10.0 Å². The number of hydrogen-bond acceptors (Lipinski definition) is 4. The highest BCUT2D eigenvalue weighted by molar-refractivity contribution is 7.89. The van der Waals surface area contributed by atoms with Crippen LogP contribution in [0.1, 0.15) is 27.2 Å². The van der Waals surface area contributed by atoms with Crippen LogP contribution in [0.3, 0.4) is 0 Å². The van der Waals surface area contributed by atoms with Crippen molar-refractivity contribution in [3.8, 4) is 5.75 Å². The van der Waals surface area contributed by atoms with Crippen molar-refractivity contribution < 1.29 is 13.2 Å². The number of sulfonamides is 1. The summed E-state index contributed by atoms with van der Waals surface area (Å²) in [7, 11) is -0.586. The van der Waals surface area contributed by atoms with Crippen LogP contribution < -0.4 is 10.5 Å². The molecule has 114 valence electrons. The first-order valence-electron chi connectivity index (χ1n) is 6.61. The Labute approximate surface area is 121 Å². The lowest BCUT2D eigenvalue weighted by Gasteiger charge is -2.26. The average Bonchev–Trinajstić information content (AvgIpc) is 2.36. The predicted octanol–water partition coefficient (Wildman–Crippen LogP) is 2.33. The topological polar surface area (TPSA) is 72.6 Å². The van der Waals surface area contributed by atoms with Gasteiger partial charge in [0.2, 0.25) is 10.0 Å². The number of methoxy groups -OCH3 is 1. The lowest BCUT2D eigenvalue weighted by Crippen LogP contribution is -2.36. The molecule has 0 aromatic heterocycles. The van der Waals surface area contributed by atoms with Crippen LogP contribution in [0.5, 0.6) is 5.75 Å². The zero-order valence-electron chi connectivity index (χ0n) is 12.8. The van der Waals surface area contributed by atoms with Crippen LogP contribution in [0.4, 0.5) is 5.69 Å². The Morgan fingerprint density at radius 3 is 2.40 bits per heavy atom. The van der Waals surface area contributed by atoms with Crippen molar-refractivity contribution in [3.05, 3.63) is 18.2 Å². The van der Waals surface area contributed by atoms with Crippen molar-refractivity contribution in [3.63, 3.8) is 0 Å². The van der Waals surface area contributed by atoms with Gasteiger partial charge in [-0.25, -0.2) is 8.42 Å². The fourth-order valence-electron chi connectivity index (χ4n) is 2.12. The van der Waals surface area contributed by atoms with Crippen LogP contribution in [0.25, 0.3) is 0 Å². The minimum absolute atomic E-state index is 0.0915. The van der Waals surface area contributed by atoms with E-state index in [9.17, 15) is 8.42 Å². The number of nitrogen functional groups attached to an aromatic ring is 1. The highest BCUT2D eigenvalue weighted by Crippen LogP contribution is 2.29. The summed E-state index contributed by atoms with van der Waals surface area (Å²) >= 11 is 0. The van der Waals surface area contributed by atoms with Crippen LogP contribution in [0.2, 0.25) is 0 Å². The number of benzene rings is 1. The summed E-state index contributed by atoms with van der Waals surface area (Å²) in [5, 5.41) is 0. The molecule has 1 atom stereocenters. The van der Waals surface area contributed by atoms with Crippen LogP contribution in [-0.4, -0.2) is 32.9 Å². The molecule has 0 bridgehead atoms. The fraction of sp³-hybridized carbons (Fsp3) is 0.571. The van der Waals surface area contributed by atoms with E-state index in [-0.39, 0.29) is 10.9 Å². The molecule has 0 aliphatic carbocycles. The molecule has 1 aromatic carbocycles. The van der Waals surface area contributed by atoms with Crippen molar-refractivity contribution in [2.75, 3.05) is 19.9 Å². The molecule has 0 amide bonds. The molecule has 1 rings (SSSR count). The van der Waals surface area contributed by atoms with E-state index < -0.39 is 10.0 Å². The molecule has 2 N–H and O–H groups in total. The minimum Gasteiger partial charge on any atom is -0.495 e. The second-order valence-corrected chi connectivity index (χ2v) is 7.38. The third-order valence-electron chi connectivity index (χ3n) is 3.28. The van der Waals surface area contributed by atoms with Crippen LogP contribution >= 0.6 is 0 Å². The Morgan fingerprint density at radius 1 is 1.30 bits per heavy atom. The third-order valence-corrected chi connectivity index (χ3v) is 5.27. The third kappa shape index (κ3) is 3.64. The molecule has 0 fully saturated rings. The van der Waals surface area contributed by atoms with E-state index >= 15 is 0 Å². The molecule has 0 saturated carbocycles. The average molecular weight is 300 g/mol. The molecule has 0 spiro atoms. The molecule has 5 nitrogen and oxygen atoms in total. The molecule has 1 unspecified atom stereocenters. The zero-order valence-corrected chi connectivity index (χ0v) is 13.6. The van der Waals surface area contributed by atoms with E-state index in [1.165, 1.54) is 17.5 Å². The summed E-state index contributed by atoms with van der Waals surface area (Å²) < 4.78 is 31.9. The van der Waals surface area contributed by atoms with E-state index in [1.807, 2.05) is 6.92 Å². The molecule has 1 aromatic rings. The Balaban J connectivity index is 3.19. The second-order valence-electron chi connectivity index (χ2n) is 5.41. The Kier molecular flexibility index (Phi) is 5.42. The highest BCUT2D eigenvalue weighted by Gasteiger charge is 2.28. The summed E-state index contributed by atoms with van der Waals surface area (Å²) in [6.45, 7) is 6.03. The Hall–Kier alpha value is -1.27. The molecule has 0 saturated heterocycles. The fourth-order valence-corrected chi connectivity index (χ4v) is 3.68. The van der Waals surface area contributed by atoms with E-state index in [0.29, 0.717) is 17.4 Å². The monoisotopic (exact) mass is 300 g/mol. The largest absolute Gasteiger partial charge is 0.495 e. The maximum atomic E-state index is 12.7. The zero-order chi connectivity index (χ0) is 15.5. The summed E-state index contributed by atoms with van der Waals surface area (Å²) in [6.07, 6.45) is 0.792. The number of rotatable bonds is 6. The van der Waals surface area contributed by atoms with Gasteiger partial charge in [0.25, 0.3) is 0 Å². The van der Waals surface area contributed by atoms with E-state index in [1.54, 1.807) is 19.2 Å². The molecule has 0 aliphatic heterocycles. The lowest BCUT2D eigenvalue weighted by atomic mass is 10.1. The van der Waals surface area contributed by atoms with Gasteiger partial charge in [0.15, 0.2) is 0 Å². The SMILES string of the molecule is COc1ccc(N)cc1S(=O)(=O)N(C)C(C)CC(C)C. The number of ether oxygens (including phenoxy) is 1. The smallest absolute Gasteiger partial charge is 0.246 e. The summed E-state index contributed by atoms with van der Waals surface area (Å²) in [4.78, 5) is 0.109. The molecular weight excluding hydrogens is 276 g/mol. The maximum absolute atomic E-state index is 12.7. The predicted molar refractivity (Wildman–Crippen MR) is 81.3 cm³/mol. The number of nitrogens with two attached hydrogens (primary N) is 1. The molecule has 6 heteroatoms. The van der Waals surface area contributed by atoms with Gasteiger partial charge in [-0.05, 0) is 37.5 Å². The maximum Gasteiger partial charge on any atom is 0.246 e. The molecule has 0 heterocycles. The van der Waals surface area contributed by atoms with Gasteiger partial charge in [-0.15, -0.1) is 0 Å². The first kappa shape index (κ1) is 16.8. The van der Waals surface area contributed by atoms with Gasteiger partial charge < -0.3 is 10.5 Å². The first-order chi connectivity index (χ1) is 9.20. The molecule has 20 heavy (non-hydrogen) atoms. The van der Waals surface area contributed by atoms with Crippen molar-refractivity contribution in [2.24, 2.45) is 5.92 Å². The summed E-state index contributed by atoms with van der Waals surface area (Å²) in [5.41, 5.74) is 6.09. The van der Waals surface area contributed by atoms with E-state index in [4.69, 9.17) is 10.5 Å². The quantitative estimate of drug-likeness (QED) is 0.818. The van der Waals surface area contributed by atoms with Crippen molar-refractivity contribution >= 4 is 15.7 Å². The number of nitrogens with zero attached hydrogens (tertiary/aromatic N) is 1. The minimum atomic E-state index is -3.62. The van der Waals surface area contributed by atoms with Gasteiger partial charge in [0.05, 0.1) is 7.11 Å². The molecule has 0 aliphatic rings. The van der Waals surface area contributed by atoms with Gasteiger partial charge >= 0.3 is 0 Å². The molecular formula is C14H24N2O3S. The second kappa shape index (κ2) is 6.45. The highest BCUT2D eigenvalue weighted by atomic mass is 32.2. The van der Waals surface area contributed by atoms with Gasteiger partial charge in [-0.3, -0.25) is 0 Å². The van der Waals surface area contributed by atoms with Crippen molar-refractivity contribution in [1.82, 2.24) is 4.31 Å². The normalized spacial score (nSPS) is 13.8. The standard InChI is InChI=1S/C14H24N2O3S/c1-10(2)8-11(3)16(4)20(17,18)14-9-12(15)6-7-13(14)19-5/h6-7,9-11H,8,15H2,1-5H3. The lowest BCUT2D eigenvalue weighted by molar-refractivity contribution is 0.335. The van der Waals surface area contributed by atoms with E-state index in [2.05, 4.69) is 13.8 Å². The molecule has 0 radical (unpaired) electrons. The first-order valence-corrected chi connectivity index (χ1v) is 8.05. The number of hydrogen-bond donors (Lipinski definition) is 1. The van der Waals surface area contributed by atoms with Crippen LogP contribution in [0, 0.1) is 5.92 Å². The Bertz CT molecular complexity index is 556. The number of anilines is 1. The van der Waals surface area contributed by atoms with Crippen LogP contribution in [0.15, 0.2) is 23.1 Å². The van der Waals surface area contributed by atoms with Gasteiger partial charge in [0, 0.05) is 18.8 Å². The van der Waals surface area contributed by atoms with Gasteiger partial charge in [-0.2, -0.15) is 4.31 Å². The summed E-state index contributed by atoms with van der Waals surface area (Å²) in [6, 6.07) is 4.54. The summed E-state index contributed by atoms with van der Waals surface area (Å²) in [5.74, 6) is 0.730. The van der Waals surface area contributed by atoms with Gasteiger partial charge in [0.1, 0.15) is 10.6 Å². The van der Waals surface area contributed by atoms with E-state index in [0.717, 1.165) is 6.42 Å². The van der Waals surface area contributed by atoms with Crippen molar-refractivity contribution in [2.45, 2.75) is 38.1 Å². The van der Waals surface area contributed by atoms with Crippen molar-refractivity contribution in [1.29, 1.82) is 0 Å².